The Kier molecular flexibility index (Phi) is 7.90. The molecule has 1 aliphatic rings. The van der Waals surface area contributed by atoms with E-state index in [4.69, 9.17) is 9.84 Å². The van der Waals surface area contributed by atoms with Crippen molar-refractivity contribution in [3.05, 3.63) is 11.6 Å². The van der Waals surface area contributed by atoms with Gasteiger partial charge in [0.25, 0.3) is 0 Å². The Morgan fingerprint density at radius 3 is 2.75 bits per heavy atom. The molecule has 1 saturated heterocycles. The van der Waals surface area contributed by atoms with Crippen LogP contribution in [0.1, 0.15) is 59.8 Å². The zero-order chi connectivity index (χ0) is 15.0. The van der Waals surface area contributed by atoms with E-state index in [0.717, 1.165) is 32.4 Å². The standard InChI is InChI=1S/C17H32N2O/c1-14(2)8-6-9-16(12-15(3)4)18-19-11-7-10-17(19)13-20-5/h8,15,17H,6-7,9-13H2,1-5H3/b18-16+. The van der Waals surface area contributed by atoms with Crippen molar-refractivity contribution in [2.24, 2.45) is 11.0 Å². The summed E-state index contributed by atoms with van der Waals surface area (Å²) in [6.07, 6.45) is 8.05. The minimum atomic E-state index is 0.477. The minimum Gasteiger partial charge on any atom is -0.382 e. The molecule has 1 unspecified atom stereocenters. The maximum Gasteiger partial charge on any atom is 0.0704 e. The van der Waals surface area contributed by atoms with Crippen molar-refractivity contribution in [3.63, 3.8) is 0 Å². The van der Waals surface area contributed by atoms with Gasteiger partial charge in [0.15, 0.2) is 0 Å². The third kappa shape index (κ3) is 6.56. The zero-order valence-corrected chi connectivity index (χ0v) is 14.0. The average molecular weight is 280 g/mol. The van der Waals surface area contributed by atoms with E-state index in [2.05, 4.69) is 38.8 Å². The van der Waals surface area contributed by atoms with Gasteiger partial charge in [-0.2, -0.15) is 5.10 Å². The van der Waals surface area contributed by atoms with Gasteiger partial charge >= 0.3 is 0 Å². The minimum absolute atomic E-state index is 0.477. The van der Waals surface area contributed by atoms with Crippen LogP contribution in [0.5, 0.6) is 0 Å². The molecule has 0 N–H and O–H groups in total. The molecular formula is C17H32N2O. The number of methoxy groups -OCH3 is 1. The quantitative estimate of drug-likeness (QED) is 0.490. The second-order valence-electron chi connectivity index (χ2n) is 6.50. The lowest BCUT2D eigenvalue weighted by atomic mass is 10.0. The molecule has 0 aromatic heterocycles. The molecule has 3 heteroatoms. The van der Waals surface area contributed by atoms with Crippen LogP contribution in [-0.4, -0.2) is 37.0 Å². The first kappa shape index (κ1) is 17.2. The van der Waals surface area contributed by atoms with Crippen LogP contribution in [0.4, 0.5) is 0 Å². The maximum atomic E-state index is 5.31. The summed E-state index contributed by atoms with van der Waals surface area (Å²) in [5.74, 6) is 0.670. The van der Waals surface area contributed by atoms with Crippen LogP contribution in [0.3, 0.4) is 0 Å². The van der Waals surface area contributed by atoms with Crippen LogP contribution in [-0.2, 0) is 4.74 Å². The second-order valence-corrected chi connectivity index (χ2v) is 6.50. The smallest absolute Gasteiger partial charge is 0.0704 e. The highest BCUT2D eigenvalue weighted by Gasteiger charge is 2.23. The summed E-state index contributed by atoms with van der Waals surface area (Å²) in [6, 6.07) is 0.477. The highest BCUT2D eigenvalue weighted by atomic mass is 16.5. The van der Waals surface area contributed by atoms with Gasteiger partial charge in [0, 0.05) is 19.4 Å². The van der Waals surface area contributed by atoms with Crippen molar-refractivity contribution < 1.29 is 4.74 Å². The molecule has 0 bridgehead atoms. The van der Waals surface area contributed by atoms with Crippen LogP contribution < -0.4 is 0 Å². The third-order valence-corrected chi connectivity index (χ3v) is 3.60. The molecule has 3 nitrogen and oxygen atoms in total. The van der Waals surface area contributed by atoms with Crippen LogP contribution in [0, 0.1) is 5.92 Å². The molecule has 0 radical (unpaired) electrons. The first-order valence-electron chi connectivity index (χ1n) is 7.98. The van der Waals surface area contributed by atoms with Crippen molar-refractivity contribution in [1.29, 1.82) is 0 Å². The lowest BCUT2D eigenvalue weighted by Crippen LogP contribution is -2.29. The number of hydrogen-bond donors (Lipinski definition) is 0. The molecule has 116 valence electrons. The normalized spacial score (nSPS) is 19.8. The molecule has 1 heterocycles. The summed E-state index contributed by atoms with van der Waals surface area (Å²) in [5, 5.41) is 7.22. The number of hydrogen-bond acceptors (Lipinski definition) is 3. The van der Waals surface area contributed by atoms with E-state index in [1.165, 1.54) is 24.1 Å². The molecule has 0 aromatic rings. The van der Waals surface area contributed by atoms with E-state index in [1.54, 1.807) is 7.11 Å². The van der Waals surface area contributed by atoms with Crippen molar-refractivity contribution in [2.75, 3.05) is 20.3 Å². The lowest BCUT2D eigenvalue weighted by Gasteiger charge is -2.23. The van der Waals surface area contributed by atoms with E-state index in [-0.39, 0.29) is 0 Å². The maximum absolute atomic E-state index is 5.31. The summed E-state index contributed by atoms with van der Waals surface area (Å²) in [7, 11) is 1.78. The Labute approximate surface area is 125 Å². The van der Waals surface area contributed by atoms with Gasteiger partial charge in [0.1, 0.15) is 0 Å². The summed E-state index contributed by atoms with van der Waals surface area (Å²) in [5.41, 5.74) is 2.74. The fourth-order valence-corrected chi connectivity index (χ4v) is 2.69. The molecule has 20 heavy (non-hydrogen) atoms. The van der Waals surface area contributed by atoms with Gasteiger partial charge < -0.3 is 4.74 Å². The zero-order valence-electron chi connectivity index (χ0n) is 14.0. The first-order valence-corrected chi connectivity index (χ1v) is 7.98. The van der Waals surface area contributed by atoms with Gasteiger partial charge in [0.05, 0.1) is 12.6 Å². The molecule has 0 amide bonds. The summed E-state index contributed by atoms with van der Waals surface area (Å²) in [4.78, 5) is 0. The largest absolute Gasteiger partial charge is 0.382 e. The Morgan fingerprint density at radius 1 is 1.40 bits per heavy atom. The molecule has 0 spiro atoms. The topological polar surface area (TPSA) is 24.8 Å². The Balaban J connectivity index is 2.64. The van der Waals surface area contributed by atoms with E-state index in [9.17, 15) is 0 Å². The number of hydrazone groups is 1. The third-order valence-electron chi connectivity index (χ3n) is 3.60. The first-order chi connectivity index (χ1) is 9.52. The summed E-state index contributed by atoms with van der Waals surface area (Å²) in [6.45, 7) is 10.7. The number of allylic oxidation sites excluding steroid dienone is 2. The van der Waals surface area contributed by atoms with E-state index < -0.39 is 0 Å². The molecular weight excluding hydrogens is 248 g/mol. The number of nitrogens with zero attached hydrogens (tertiary/aromatic N) is 2. The van der Waals surface area contributed by atoms with Gasteiger partial charge in [-0.25, -0.2) is 0 Å². The molecule has 1 atom stereocenters. The van der Waals surface area contributed by atoms with Gasteiger partial charge in [-0.3, -0.25) is 5.01 Å². The second kappa shape index (κ2) is 9.17. The predicted octanol–water partition coefficient (Wildman–Crippen LogP) is 4.25. The Hall–Kier alpha value is -0.830. The van der Waals surface area contributed by atoms with Crippen LogP contribution >= 0.6 is 0 Å². The van der Waals surface area contributed by atoms with Gasteiger partial charge in [0.2, 0.25) is 0 Å². The Morgan fingerprint density at radius 2 is 2.15 bits per heavy atom. The molecule has 1 aliphatic heterocycles. The van der Waals surface area contributed by atoms with E-state index >= 15 is 0 Å². The van der Waals surface area contributed by atoms with Crippen LogP contribution in [0.15, 0.2) is 16.8 Å². The summed E-state index contributed by atoms with van der Waals surface area (Å²) >= 11 is 0. The van der Waals surface area contributed by atoms with E-state index in [1.807, 2.05) is 0 Å². The van der Waals surface area contributed by atoms with E-state index in [0.29, 0.717) is 12.0 Å². The van der Waals surface area contributed by atoms with Crippen molar-refractivity contribution in [1.82, 2.24) is 5.01 Å². The SMILES string of the molecule is COCC1CCCN1/N=C(\CCC=C(C)C)CC(C)C. The lowest BCUT2D eigenvalue weighted by molar-refractivity contribution is 0.117. The monoisotopic (exact) mass is 280 g/mol. The molecule has 0 saturated carbocycles. The molecule has 1 rings (SSSR count). The summed E-state index contributed by atoms with van der Waals surface area (Å²) < 4.78 is 5.31. The fourth-order valence-electron chi connectivity index (χ4n) is 2.69. The van der Waals surface area contributed by atoms with Crippen molar-refractivity contribution in [3.8, 4) is 0 Å². The van der Waals surface area contributed by atoms with Gasteiger partial charge in [-0.1, -0.05) is 25.5 Å². The van der Waals surface area contributed by atoms with Crippen molar-refractivity contribution >= 4 is 5.71 Å². The highest BCUT2D eigenvalue weighted by molar-refractivity contribution is 5.84. The molecule has 0 aromatic carbocycles. The van der Waals surface area contributed by atoms with Crippen LogP contribution in [0.2, 0.25) is 0 Å². The fraction of sp³-hybridized carbons (Fsp3) is 0.824. The highest BCUT2D eigenvalue weighted by Crippen LogP contribution is 2.19. The predicted molar refractivity (Wildman–Crippen MR) is 87.2 cm³/mol. The van der Waals surface area contributed by atoms with Crippen LogP contribution in [0.25, 0.3) is 0 Å². The number of rotatable bonds is 8. The van der Waals surface area contributed by atoms with Crippen molar-refractivity contribution in [2.45, 2.75) is 65.8 Å². The van der Waals surface area contributed by atoms with Gasteiger partial charge in [-0.05, 0) is 51.9 Å². The van der Waals surface area contributed by atoms with Gasteiger partial charge in [-0.15, -0.1) is 0 Å². The Bertz CT molecular complexity index is 330. The molecule has 0 aliphatic carbocycles. The molecule has 1 fully saturated rings. The number of ether oxygens (including phenoxy) is 1. The average Bonchev–Trinajstić information content (AvgIpc) is 2.76.